The molecule has 1 saturated heterocycles. The molecule has 1 aliphatic heterocycles. The van der Waals surface area contributed by atoms with E-state index >= 15 is 0 Å². The van der Waals surface area contributed by atoms with Crippen LogP contribution in [0, 0.1) is 0 Å². The summed E-state index contributed by atoms with van der Waals surface area (Å²) < 4.78 is 6.56. The third-order valence-corrected chi connectivity index (χ3v) is 4.38. The van der Waals surface area contributed by atoms with Gasteiger partial charge < -0.3 is 14.5 Å². The summed E-state index contributed by atoms with van der Waals surface area (Å²) in [5, 5.41) is 5.19. The zero-order valence-electron chi connectivity index (χ0n) is 16.1. The van der Waals surface area contributed by atoms with E-state index in [0.717, 1.165) is 0 Å². The first kappa shape index (κ1) is 18.9. The molecular formula is C19H24N4O4. The molecule has 0 saturated carbocycles. The number of rotatable bonds is 1. The fourth-order valence-corrected chi connectivity index (χ4v) is 3.03. The number of piperazine rings is 1. The van der Waals surface area contributed by atoms with Crippen molar-refractivity contribution in [2.45, 2.75) is 26.4 Å². The smallest absolute Gasteiger partial charge is 0.410 e. The number of amides is 2. The van der Waals surface area contributed by atoms with E-state index in [4.69, 9.17) is 4.74 Å². The van der Waals surface area contributed by atoms with E-state index in [-0.39, 0.29) is 23.3 Å². The number of aryl methyl sites for hydroxylation is 1. The second kappa shape index (κ2) is 7.02. The molecule has 0 atom stereocenters. The summed E-state index contributed by atoms with van der Waals surface area (Å²) in [5.74, 6) is -0.245. The first-order valence-electron chi connectivity index (χ1n) is 8.90. The van der Waals surface area contributed by atoms with E-state index < -0.39 is 5.60 Å². The standard InChI is InChI=1S/C19H24N4O4/c1-19(2,3)27-18(26)23-11-9-22(10-12-23)17(25)15-13-7-5-6-8-14(13)16(24)21(4)20-15/h5-8H,9-12H2,1-4H3. The molecule has 0 unspecified atom stereocenters. The number of fused-ring (bicyclic) bond motifs is 1. The fourth-order valence-electron chi connectivity index (χ4n) is 3.03. The highest BCUT2D eigenvalue weighted by molar-refractivity contribution is 6.04. The zero-order chi connectivity index (χ0) is 19.8. The zero-order valence-corrected chi connectivity index (χ0v) is 16.1. The van der Waals surface area contributed by atoms with Gasteiger partial charge in [0.15, 0.2) is 5.69 Å². The predicted molar refractivity (Wildman–Crippen MR) is 101 cm³/mol. The molecule has 3 rings (SSSR count). The van der Waals surface area contributed by atoms with Gasteiger partial charge in [-0.3, -0.25) is 9.59 Å². The summed E-state index contributed by atoms with van der Waals surface area (Å²) in [6.07, 6.45) is -0.375. The van der Waals surface area contributed by atoms with Crippen molar-refractivity contribution in [3.8, 4) is 0 Å². The van der Waals surface area contributed by atoms with Gasteiger partial charge in [-0.1, -0.05) is 18.2 Å². The van der Waals surface area contributed by atoms with E-state index in [1.54, 1.807) is 34.1 Å². The number of hydrogen-bond acceptors (Lipinski definition) is 5. The van der Waals surface area contributed by atoms with Crippen molar-refractivity contribution in [3.63, 3.8) is 0 Å². The summed E-state index contributed by atoms with van der Waals surface area (Å²) >= 11 is 0. The maximum atomic E-state index is 13.0. The SMILES string of the molecule is Cn1nc(C(=O)N2CCN(C(=O)OC(C)(C)C)CC2)c2ccccc2c1=O. The molecule has 0 aliphatic carbocycles. The molecule has 8 heteroatoms. The Hall–Kier alpha value is -2.90. The Morgan fingerprint density at radius 1 is 1.00 bits per heavy atom. The summed E-state index contributed by atoms with van der Waals surface area (Å²) in [6, 6.07) is 6.96. The lowest BCUT2D eigenvalue weighted by Gasteiger charge is -2.35. The number of aromatic nitrogens is 2. The molecule has 2 heterocycles. The number of hydrogen-bond donors (Lipinski definition) is 0. The highest BCUT2D eigenvalue weighted by Gasteiger charge is 2.29. The minimum absolute atomic E-state index is 0.239. The Labute approximate surface area is 157 Å². The monoisotopic (exact) mass is 372 g/mol. The van der Waals surface area contributed by atoms with Gasteiger partial charge in [0.05, 0.1) is 5.39 Å². The second-order valence-electron chi connectivity index (χ2n) is 7.58. The molecule has 144 valence electrons. The van der Waals surface area contributed by atoms with Crippen molar-refractivity contribution in [3.05, 3.63) is 40.3 Å². The van der Waals surface area contributed by atoms with Crippen LogP contribution in [0.4, 0.5) is 4.79 Å². The van der Waals surface area contributed by atoms with Crippen LogP contribution in [-0.2, 0) is 11.8 Å². The maximum Gasteiger partial charge on any atom is 0.410 e. The number of nitrogens with zero attached hydrogens (tertiary/aromatic N) is 4. The first-order chi connectivity index (χ1) is 12.7. The Morgan fingerprint density at radius 3 is 2.15 bits per heavy atom. The highest BCUT2D eigenvalue weighted by atomic mass is 16.6. The number of carbonyl (C=O) groups excluding carboxylic acids is 2. The van der Waals surface area contributed by atoms with Crippen LogP contribution in [-0.4, -0.2) is 63.4 Å². The van der Waals surface area contributed by atoms with Gasteiger partial charge >= 0.3 is 6.09 Å². The van der Waals surface area contributed by atoms with E-state index in [1.165, 1.54) is 11.7 Å². The van der Waals surface area contributed by atoms with Crippen LogP contribution in [0.15, 0.2) is 29.1 Å². The van der Waals surface area contributed by atoms with Crippen LogP contribution >= 0.6 is 0 Å². The van der Waals surface area contributed by atoms with Gasteiger partial charge in [-0.2, -0.15) is 5.10 Å². The molecule has 8 nitrogen and oxygen atoms in total. The molecule has 2 amide bonds. The highest BCUT2D eigenvalue weighted by Crippen LogP contribution is 2.17. The normalized spacial score (nSPS) is 15.1. The molecule has 0 bridgehead atoms. The van der Waals surface area contributed by atoms with Gasteiger partial charge in [-0.25, -0.2) is 9.48 Å². The van der Waals surface area contributed by atoms with Gasteiger partial charge in [0.2, 0.25) is 0 Å². The minimum Gasteiger partial charge on any atom is -0.444 e. The first-order valence-corrected chi connectivity index (χ1v) is 8.90. The maximum absolute atomic E-state index is 13.0. The molecule has 0 N–H and O–H groups in total. The average molecular weight is 372 g/mol. The molecule has 1 aliphatic rings. The minimum atomic E-state index is -0.554. The van der Waals surface area contributed by atoms with Crippen molar-refractivity contribution >= 4 is 22.8 Å². The fraction of sp³-hybridized carbons (Fsp3) is 0.474. The lowest BCUT2D eigenvalue weighted by atomic mass is 10.1. The summed E-state index contributed by atoms with van der Waals surface area (Å²) in [5.41, 5.74) is -0.544. The molecule has 1 fully saturated rings. The van der Waals surface area contributed by atoms with Crippen molar-refractivity contribution in [2.75, 3.05) is 26.2 Å². The van der Waals surface area contributed by atoms with Crippen LogP contribution in [0.2, 0.25) is 0 Å². The Bertz CT molecular complexity index is 937. The third kappa shape index (κ3) is 3.94. The molecule has 2 aromatic rings. The third-order valence-electron chi connectivity index (χ3n) is 4.38. The molecule has 0 radical (unpaired) electrons. The Balaban J connectivity index is 1.77. The molecule has 1 aromatic heterocycles. The van der Waals surface area contributed by atoms with Gasteiger partial charge in [0.25, 0.3) is 11.5 Å². The topological polar surface area (TPSA) is 84.7 Å². The predicted octanol–water partition coefficient (Wildman–Crippen LogP) is 1.63. The number of carbonyl (C=O) groups is 2. The quantitative estimate of drug-likeness (QED) is 0.760. The molecule has 27 heavy (non-hydrogen) atoms. The van der Waals surface area contributed by atoms with Crippen molar-refractivity contribution < 1.29 is 14.3 Å². The Kier molecular flexibility index (Phi) is 4.91. The van der Waals surface area contributed by atoms with Gasteiger partial charge in [-0.05, 0) is 26.8 Å². The van der Waals surface area contributed by atoms with E-state index in [2.05, 4.69) is 5.10 Å². The average Bonchev–Trinajstić information content (AvgIpc) is 2.63. The number of ether oxygens (including phenoxy) is 1. The lowest BCUT2D eigenvalue weighted by molar-refractivity contribution is 0.0140. The van der Waals surface area contributed by atoms with Crippen LogP contribution in [0.25, 0.3) is 10.8 Å². The Morgan fingerprint density at radius 2 is 1.56 bits per heavy atom. The van der Waals surface area contributed by atoms with Crippen LogP contribution in [0.3, 0.4) is 0 Å². The molecule has 0 spiro atoms. The van der Waals surface area contributed by atoms with Crippen LogP contribution < -0.4 is 5.56 Å². The van der Waals surface area contributed by atoms with Crippen molar-refractivity contribution in [1.29, 1.82) is 0 Å². The van der Waals surface area contributed by atoms with E-state index in [1.807, 2.05) is 20.8 Å². The van der Waals surface area contributed by atoms with E-state index in [9.17, 15) is 14.4 Å². The van der Waals surface area contributed by atoms with E-state index in [0.29, 0.717) is 37.0 Å². The lowest BCUT2D eigenvalue weighted by Crippen LogP contribution is -2.52. The summed E-state index contributed by atoms with van der Waals surface area (Å²) in [6.45, 7) is 7.02. The van der Waals surface area contributed by atoms with Crippen molar-refractivity contribution in [2.24, 2.45) is 7.05 Å². The van der Waals surface area contributed by atoms with Gasteiger partial charge in [-0.15, -0.1) is 0 Å². The molecule has 1 aromatic carbocycles. The summed E-state index contributed by atoms with van der Waals surface area (Å²) in [7, 11) is 1.53. The van der Waals surface area contributed by atoms with Gasteiger partial charge in [0.1, 0.15) is 5.60 Å². The second-order valence-corrected chi connectivity index (χ2v) is 7.58. The van der Waals surface area contributed by atoms with Crippen molar-refractivity contribution in [1.82, 2.24) is 19.6 Å². The van der Waals surface area contributed by atoms with Crippen LogP contribution in [0.5, 0.6) is 0 Å². The molecular weight excluding hydrogens is 348 g/mol. The largest absolute Gasteiger partial charge is 0.444 e. The number of benzene rings is 1. The van der Waals surface area contributed by atoms with Crippen LogP contribution in [0.1, 0.15) is 31.3 Å². The summed E-state index contributed by atoms with van der Waals surface area (Å²) in [4.78, 5) is 40.6. The van der Waals surface area contributed by atoms with Gasteiger partial charge in [0, 0.05) is 38.6 Å².